The summed E-state index contributed by atoms with van der Waals surface area (Å²) in [5, 5.41) is 0. The van der Waals surface area contributed by atoms with E-state index >= 15 is 0 Å². The van der Waals surface area contributed by atoms with E-state index in [9.17, 15) is 0 Å². The molecule has 7 nitrogen and oxygen atoms in total. The normalized spacial score (nSPS) is 18.0. The van der Waals surface area contributed by atoms with Gasteiger partial charge in [-0.2, -0.15) is 4.98 Å². The van der Waals surface area contributed by atoms with Crippen LogP contribution >= 0.6 is 0 Å². The molecule has 2 aromatic heterocycles. The average Bonchev–Trinajstić information content (AvgIpc) is 2.83. The van der Waals surface area contributed by atoms with Gasteiger partial charge in [-0.25, -0.2) is 4.98 Å². The number of nitrogen functional groups attached to an aromatic ring is 1. The summed E-state index contributed by atoms with van der Waals surface area (Å²) in [7, 11) is 1.61. The van der Waals surface area contributed by atoms with Gasteiger partial charge in [-0.1, -0.05) is 0 Å². The van der Waals surface area contributed by atoms with Gasteiger partial charge >= 0.3 is 0 Å². The molecule has 1 unspecified atom stereocenters. The van der Waals surface area contributed by atoms with Crippen molar-refractivity contribution in [2.75, 3.05) is 45.7 Å². The van der Waals surface area contributed by atoms with E-state index in [-0.39, 0.29) is 6.04 Å². The summed E-state index contributed by atoms with van der Waals surface area (Å²) in [6.07, 6.45) is 0. The lowest BCUT2D eigenvalue weighted by atomic mass is 10.2. The second-order valence-electron chi connectivity index (χ2n) is 5.30. The minimum atomic E-state index is 0.188. The molecule has 2 N–H and O–H groups in total. The van der Waals surface area contributed by atoms with Crippen LogP contribution in [0.5, 0.6) is 5.88 Å². The number of anilines is 1. The zero-order chi connectivity index (χ0) is 14.8. The first-order valence-electron chi connectivity index (χ1n) is 7.17. The first kappa shape index (κ1) is 14.1. The molecule has 0 saturated carbocycles. The average molecular weight is 291 g/mol. The number of hydrogen-bond donors (Lipinski definition) is 1. The molecule has 1 aliphatic rings. The van der Waals surface area contributed by atoms with Gasteiger partial charge in [0.25, 0.3) is 0 Å². The monoisotopic (exact) mass is 291 g/mol. The topological polar surface area (TPSA) is 78.4 Å². The Balaban J connectivity index is 1.88. The molecular weight excluding hydrogens is 270 g/mol. The minimum Gasteiger partial charge on any atom is -0.481 e. The smallest absolute Gasteiger partial charge is 0.215 e. The number of pyridine rings is 1. The molecule has 1 aliphatic heterocycles. The quantitative estimate of drug-likeness (QED) is 0.902. The first-order valence-corrected chi connectivity index (χ1v) is 7.17. The molecule has 114 valence electrons. The van der Waals surface area contributed by atoms with Crippen molar-refractivity contribution in [2.45, 2.75) is 13.0 Å². The number of morpholine rings is 1. The number of fused-ring (bicyclic) bond motifs is 1. The minimum absolute atomic E-state index is 0.188. The Kier molecular flexibility index (Phi) is 3.94. The molecule has 0 radical (unpaired) electrons. The molecule has 1 atom stereocenters. The molecule has 1 fully saturated rings. The Hall–Kier alpha value is -1.86. The van der Waals surface area contributed by atoms with Gasteiger partial charge in [-0.3, -0.25) is 9.47 Å². The Morgan fingerprint density at radius 3 is 2.81 bits per heavy atom. The molecule has 2 aromatic rings. The highest BCUT2D eigenvalue weighted by atomic mass is 16.5. The van der Waals surface area contributed by atoms with Crippen LogP contribution in [-0.2, 0) is 4.74 Å². The predicted molar refractivity (Wildman–Crippen MR) is 80.5 cm³/mol. The van der Waals surface area contributed by atoms with Crippen molar-refractivity contribution in [1.29, 1.82) is 0 Å². The zero-order valence-corrected chi connectivity index (χ0v) is 12.5. The number of rotatable bonds is 4. The van der Waals surface area contributed by atoms with Crippen molar-refractivity contribution in [2.24, 2.45) is 0 Å². The molecule has 0 amide bonds. The number of aromatic nitrogens is 3. The van der Waals surface area contributed by atoms with E-state index < -0.39 is 0 Å². The maximum absolute atomic E-state index is 6.08. The molecule has 1 saturated heterocycles. The first-order chi connectivity index (χ1) is 10.2. The van der Waals surface area contributed by atoms with Crippen LogP contribution in [0, 0.1) is 0 Å². The number of imidazole rings is 1. The third-order valence-corrected chi connectivity index (χ3v) is 3.82. The SMILES string of the molecule is COc1ccc2nc(N)n(C(C)CN3CCOCC3)c2n1. The Bertz CT molecular complexity index is 621. The van der Waals surface area contributed by atoms with Gasteiger partial charge < -0.3 is 15.2 Å². The standard InChI is InChI=1S/C14H21N5O2/c1-10(9-18-5-7-21-8-6-18)19-13-11(16-14(19)15)3-4-12(17-13)20-2/h3-4,10H,5-9H2,1-2H3,(H2,15,16). The molecule has 7 heteroatoms. The second-order valence-corrected chi connectivity index (χ2v) is 5.30. The van der Waals surface area contributed by atoms with E-state index in [1.165, 1.54) is 0 Å². The van der Waals surface area contributed by atoms with E-state index in [0.29, 0.717) is 11.8 Å². The molecule has 3 rings (SSSR count). The van der Waals surface area contributed by atoms with Crippen LogP contribution in [0.1, 0.15) is 13.0 Å². The summed E-state index contributed by atoms with van der Waals surface area (Å²) in [4.78, 5) is 11.2. The van der Waals surface area contributed by atoms with Gasteiger partial charge in [-0.05, 0) is 13.0 Å². The molecule has 3 heterocycles. The largest absolute Gasteiger partial charge is 0.481 e. The van der Waals surface area contributed by atoms with Crippen molar-refractivity contribution in [3.05, 3.63) is 12.1 Å². The summed E-state index contributed by atoms with van der Waals surface area (Å²) >= 11 is 0. The van der Waals surface area contributed by atoms with Crippen LogP contribution in [0.4, 0.5) is 5.95 Å². The number of ether oxygens (including phenoxy) is 2. The van der Waals surface area contributed by atoms with Crippen molar-refractivity contribution >= 4 is 17.1 Å². The molecule has 0 aliphatic carbocycles. The van der Waals surface area contributed by atoms with E-state index in [0.717, 1.165) is 44.0 Å². The van der Waals surface area contributed by atoms with Gasteiger partial charge in [0.05, 0.1) is 20.3 Å². The maximum atomic E-state index is 6.08. The highest BCUT2D eigenvalue weighted by Gasteiger charge is 2.19. The van der Waals surface area contributed by atoms with E-state index in [4.69, 9.17) is 15.2 Å². The molecule has 0 bridgehead atoms. The Labute approximate surface area is 123 Å². The van der Waals surface area contributed by atoms with Crippen LogP contribution in [0.3, 0.4) is 0 Å². The van der Waals surface area contributed by atoms with Crippen LogP contribution in [0.2, 0.25) is 0 Å². The Morgan fingerprint density at radius 2 is 2.10 bits per heavy atom. The lowest BCUT2D eigenvalue weighted by Crippen LogP contribution is -2.39. The highest BCUT2D eigenvalue weighted by Crippen LogP contribution is 2.24. The lowest BCUT2D eigenvalue weighted by molar-refractivity contribution is 0.0328. The van der Waals surface area contributed by atoms with Gasteiger partial charge in [0, 0.05) is 31.7 Å². The fourth-order valence-electron chi connectivity index (χ4n) is 2.76. The van der Waals surface area contributed by atoms with Crippen molar-refractivity contribution < 1.29 is 9.47 Å². The number of hydrogen-bond acceptors (Lipinski definition) is 6. The maximum Gasteiger partial charge on any atom is 0.215 e. The van der Waals surface area contributed by atoms with Crippen LogP contribution < -0.4 is 10.5 Å². The van der Waals surface area contributed by atoms with Crippen LogP contribution in [-0.4, -0.2) is 59.4 Å². The van der Waals surface area contributed by atoms with Gasteiger partial charge in [-0.15, -0.1) is 0 Å². The van der Waals surface area contributed by atoms with Gasteiger partial charge in [0.15, 0.2) is 5.65 Å². The lowest BCUT2D eigenvalue weighted by Gasteiger charge is -2.29. The summed E-state index contributed by atoms with van der Waals surface area (Å²) in [6.45, 7) is 6.52. The molecule has 0 aromatic carbocycles. The number of nitrogens with zero attached hydrogens (tertiary/aromatic N) is 4. The van der Waals surface area contributed by atoms with Crippen LogP contribution in [0.15, 0.2) is 12.1 Å². The fourth-order valence-corrected chi connectivity index (χ4v) is 2.76. The van der Waals surface area contributed by atoms with Crippen molar-refractivity contribution in [3.63, 3.8) is 0 Å². The van der Waals surface area contributed by atoms with E-state index in [2.05, 4.69) is 21.8 Å². The van der Waals surface area contributed by atoms with Crippen molar-refractivity contribution in [1.82, 2.24) is 19.4 Å². The number of nitrogens with two attached hydrogens (primary N) is 1. The second kappa shape index (κ2) is 5.87. The zero-order valence-electron chi connectivity index (χ0n) is 12.5. The Morgan fingerprint density at radius 1 is 1.33 bits per heavy atom. The molecular formula is C14H21N5O2. The summed E-state index contributed by atoms with van der Waals surface area (Å²) in [5.74, 6) is 1.06. The molecule has 0 spiro atoms. The van der Waals surface area contributed by atoms with E-state index in [1.807, 2.05) is 10.6 Å². The summed E-state index contributed by atoms with van der Waals surface area (Å²) in [5.41, 5.74) is 7.64. The number of methoxy groups -OCH3 is 1. The van der Waals surface area contributed by atoms with Crippen molar-refractivity contribution in [3.8, 4) is 5.88 Å². The summed E-state index contributed by atoms with van der Waals surface area (Å²) in [6, 6.07) is 3.87. The fraction of sp³-hybridized carbons (Fsp3) is 0.571. The molecule has 21 heavy (non-hydrogen) atoms. The highest BCUT2D eigenvalue weighted by molar-refractivity contribution is 5.75. The van der Waals surface area contributed by atoms with E-state index in [1.54, 1.807) is 13.2 Å². The van der Waals surface area contributed by atoms with Gasteiger partial charge in [0.1, 0.15) is 5.52 Å². The predicted octanol–water partition coefficient (Wildman–Crippen LogP) is 0.915. The third kappa shape index (κ3) is 2.79. The summed E-state index contributed by atoms with van der Waals surface area (Å²) < 4.78 is 12.6. The third-order valence-electron chi connectivity index (χ3n) is 3.82. The van der Waals surface area contributed by atoms with Crippen LogP contribution in [0.25, 0.3) is 11.2 Å². The van der Waals surface area contributed by atoms with Gasteiger partial charge in [0.2, 0.25) is 11.8 Å².